The summed E-state index contributed by atoms with van der Waals surface area (Å²) in [5.41, 5.74) is -5.12. The van der Waals surface area contributed by atoms with Crippen LogP contribution in [0.25, 0.3) is 0 Å². The molecule has 0 aliphatic carbocycles. The molecule has 6 aromatic rings. The van der Waals surface area contributed by atoms with Gasteiger partial charge in [0, 0.05) is 16.4 Å². The molecule has 0 spiro atoms. The van der Waals surface area contributed by atoms with Gasteiger partial charge in [-0.05, 0) is 84.9 Å². The Morgan fingerprint density at radius 3 is 1.02 bits per heavy atom. The summed E-state index contributed by atoms with van der Waals surface area (Å²) in [4.78, 5) is 54.4. The Hall–Kier alpha value is -3.33. The molecule has 0 aromatic heterocycles. The molecule has 6 aromatic carbocycles. The van der Waals surface area contributed by atoms with E-state index in [2.05, 4.69) is 0 Å². The van der Waals surface area contributed by atoms with Gasteiger partial charge in [-0.1, -0.05) is 129 Å². The number of halogens is 9. The predicted molar refractivity (Wildman–Crippen MR) is 249 cm³/mol. The molecule has 8 nitrogen and oxygen atoms in total. The summed E-state index contributed by atoms with van der Waals surface area (Å²) >= 11 is 55.3. The second-order valence-electron chi connectivity index (χ2n) is 12.3. The van der Waals surface area contributed by atoms with Gasteiger partial charge in [-0.15, -0.1) is 0 Å². The molecular weight excluding hydrogens is 1010 g/mol. The van der Waals surface area contributed by atoms with Crippen LogP contribution in [0.3, 0.4) is 0 Å². The molecule has 0 fully saturated rings. The topological polar surface area (TPSA) is 121 Å². The molecule has 0 aliphatic heterocycles. The van der Waals surface area contributed by atoms with E-state index in [-0.39, 0.29) is 78.8 Å². The molecule has 0 heterocycles. The first-order valence-corrected chi connectivity index (χ1v) is 23.8. The lowest BCUT2D eigenvalue weighted by atomic mass is 10.2. The summed E-state index contributed by atoms with van der Waals surface area (Å²) in [6, 6.07) is 27.1. The molecule has 0 radical (unpaired) electrons. The second-order valence-corrected chi connectivity index (χ2v) is 21.1. The van der Waals surface area contributed by atoms with Gasteiger partial charge in [-0.25, -0.2) is 0 Å². The van der Waals surface area contributed by atoms with Gasteiger partial charge in [0.25, 0.3) is 7.14 Å². The van der Waals surface area contributed by atoms with Gasteiger partial charge in [0.1, 0.15) is 11.5 Å². The minimum absolute atomic E-state index is 0.000681. The minimum Gasteiger partial charge on any atom is -0.497 e. The number of rotatable bonds is 12. The van der Waals surface area contributed by atoms with Gasteiger partial charge >= 0.3 is 0 Å². The number of hydrogen-bond acceptors (Lipinski definition) is 8. The zero-order chi connectivity index (χ0) is 45.0. The first-order chi connectivity index (χ1) is 28.8. The van der Waals surface area contributed by atoms with Crippen LogP contribution < -0.4 is 20.1 Å². The Bertz CT molecular complexity index is 2620. The van der Waals surface area contributed by atoms with Crippen LogP contribution in [-0.2, 0) is 9.13 Å². The fourth-order valence-electron chi connectivity index (χ4n) is 5.77. The third-order valence-electron chi connectivity index (χ3n) is 8.77. The first-order valence-electron chi connectivity index (χ1n) is 17.0. The van der Waals surface area contributed by atoms with Crippen LogP contribution in [0.5, 0.6) is 11.5 Å². The fraction of sp³-hybridized carbons (Fsp3) is 0.0476. The SMILES string of the molecule is COc1ccc(P(=O)(C(=O)c2c(Cl)cccc2Cl)C(=O)c2c(Cl)cccc2Cl)c(OC)c1.O=C(c1c(Cl)cccc1Cl)P(=O)(C(=O)c1c(Cl)cccc1Cl)c1ccc(Cl)cc1. The molecule has 314 valence electrons. The van der Waals surface area contributed by atoms with Crippen LogP contribution >= 0.6 is 119 Å². The molecule has 0 unspecified atom stereocenters. The van der Waals surface area contributed by atoms with Crippen molar-refractivity contribution in [2.24, 2.45) is 0 Å². The molecular formula is C42H25Cl9O8P2. The van der Waals surface area contributed by atoms with E-state index in [1.54, 1.807) is 0 Å². The van der Waals surface area contributed by atoms with Gasteiger partial charge < -0.3 is 18.6 Å². The first kappa shape index (κ1) is 48.7. The normalized spacial score (nSPS) is 11.3. The maximum absolute atomic E-state index is 14.5. The van der Waals surface area contributed by atoms with Crippen LogP contribution in [0.4, 0.5) is 0 Å². The molecule has 0 amide bonds. The molecule has 0 bridgehead atoms. The standard InChI is InChI=1S/C22H15Cl4O5P.C20H10Cl5O3P/c1-30-12-9-10-18(17(11-12)31-2)32(29,21(27)19-13(23)5-3-6-14(19)24)22(28)20-15(25)7-4-8-16(20)26;21-11-7-9-12(10-8-11)29(28,19(26)17-13(22)3-1-4-14(17)23)20(27)18-15(24)5-2-6-16(18)25/h3-11H,1-2H3;1-10H. The fourth-order valence-corrected chi connectivity index (χ4v) is 13.5. The number of carbonyl (C=O) groups is 4. The Balaban J connectivity index is 0.000000232. The van der Waals surface area contributed by atoms with E-state index in [4.69, 9.17) is 114 Å². The van der Waals surface area contributed by atoms with Crippen LogP contribution in [0.2, 0.25) is 45.2 Å². The van der Waals surface area contributed by atoms with Crippen molar-refractivity contribution in [3.8, 4) is 11.5 Å². The van der Waals surface area contributed by atoms with Crippen molar-refractivity contribution in [2.75, 3.05) is 14.2 Å². The smallest absolute Gasteiger partial charge is 0.252 e. The summed E-state index contributed by atoms with van der Waals surface area (Å²) < 4.78 is 39.2. The molecule has 61 heavy (non-hydrogen) atoms. The van der Waals surface area contributed by atoms with Crippen molar-refractivity contribution in [3.63, 3.8) is 0 Å². The number of methoxy groups -OCH3 is 2. The lowest BCUT2D eigenvalue weighted by molar-refractivity contribution is 0.102. The molecule has 19 heteroatoms. The highest BCUT2D eigenvalue weighted by atomic mass is 35.5. The van der Waals surface area contributed by atoms with Gasteiger partial charge in [-0.3, -0.25) is 19.2 Å². The van der Waals surface area contributed by atoms with Gasteiger partial charge in [0.05, 0.1) is 82.0 Å². The van der Waals surface area contributed by atoms with Crippen LogP contribution in [-0.4, -0.2) is 36.3 Å². The maximum Gasteiger partial charge on any atom is 0.252 e. The van der Waals surface area contributed by atoms with Crippen LogP contribution in [0, 0.1) is 0 Å². The average molecular weight is 1040 g/mol. The highest BCUT2D eigenvalue weighted by molar-refractivity contribution is 8.01. The molecule has 6 rings (SSSR count). The Morgan fingerprint density at radius 1 is 0.410 bits per heavy atom. The van der Waals surface area contributed by atoms with Crippen LogP contribution in [0.15, 0.2) is 115 Å². The van der Waals surface area contributed by atoms with Gasteiger partial charge in [0.15, 0.2) is 0 Å². The largest absolute Gasteiger partial charge is 0.497 e. The highest BCUT2D eigenvalue weighted by Crippen LogP contribution is 2.57. The zero-order valence-corrected chi connectivity index (χ0v) is 39.6. The monoisotopic (exact) mass is 1030 g/mol. The minimum atomic E-state index is -4.69. The number of ether oxygens (including phenoxy) is 2. The Kier molecular flexibility index (Phi) is 16.3. The zero-order valence-electron chi connectivity index (χ0n) is 31.0. The second kappa shape index (κ2) is 20.5. The molecule has 0 N–H and O–H groups in total. The number of hydrogen-bond donors (Lipinski definition) is 0. The van der Waals surface area contributed by atoms with Crippen molar-refractivity contribution in [1.29, 1.82) is 0 Å². The lowest BCUT2D eigenvalue weighted by Gasteiger charge is -2.21. The average Bonchev–Trinajstić information content (AvgIpc) is 3.22. The van der Waals surface area contributed by atoms with E-state index in [1.165, 1.54) is 129 Å². The molecule has 0 aliphatic rings. The van der Waals surface area contributed by atoms with E-state index in [9.17, 15) is 28.3 Å². The van der Waals surface area contributed by atoms with E-state index in [0.717, 1.165) is 0 Å². The van der Waals surface area contributed by atoms with Crippen molar-refractivity contribution in [2.45, 2.75) is 0 Å². The predicted octanol–water partition coefficient (Wildman–Crippen LogP) is 14.6. The highest BCUT2D eigenvalue weighted by Gasteiger charge is 2.48. The molecule has 0 saturated carbocycles. The number of carbonyl (C=O) groups excluding carboxylic acids is 4. The maximum atomic E-state index is 14.5. The Morgan fingerprint density at radius 2 is 0.721 bits per heavy atom. The van der Waals surface area contributed by atoms with Crippen molar-refractivity contribution < 1.29 is 37.8 Å². The number of benzene rings is 6. The van der Waals surface area contributed by atoms with E-state index in [1.807, 2.05) is 0 Å². The summed E-state index contributed by atoms with van der Waals surface area (Å²) in [5.74, 6) is 0.365. The molecule has 0 saturated heterocycles. The van der Waals surface area contributed by atoms with Crippen molar-refractivity contribution in [1.82, 2.24) is 0 Å². The van der Waals surface area contributed by atoms with Gasteiger partial charge in [-0.2, -0.15) is 0 Å². The van der Waals surface area contributed by atoms with E-state index < -0.39 is 36.4 Å². The lowest BCUT2D eigenvalue weighted by Crippen LogP contribution is -2.23. The van der Waals surface area contributed by atoms with Crippen molar-refractivity contribution in [3.05, 3.63) is 183 Å². The van der Waals surface area contributed by atoms with Crippen LogP contribution in [0.1, 0.15) is 41.4 Å². The third kappa shape index (κ3) is 9.77. The summed E-state index contributed by atoms with van der Waals surface area (Å²) in [6.45, 7) is 0. The van der Waals surface area contributed by atoms with Crippen molar-refractivity contribution >= 4 is 151 Å². The third-order valence-corrected chi connectivity index (χ3v) is 16.8. The van der Waals surface area contributed by atoms with E-state index >= 15 is 0 Å². The summed E-state index contributed by atoms with van der Waals surface area (Å²) in [6.07, 6.45) is 0. The summed E-state index contributed by atoms with van der Waals surface area (Å²) in [5, 5.41) is -0.240. The van der Waals surface area contributed by atoms with E-state index in [0.29, 0.717) is 10.8 Å². The summed E-state index contributed by atoms with van der Waals surface area (Å²) in [7, 11) is -6.45. The quantitative estimate of drug-likeness (QED) is 0.111. The van der Waals surface area contributed by atoms with Gasteiger partial charge in [0.2, 0.25) is 29.2 Å². The Labute approximate surface area is 394 Å². The molecule has 0 atom stereocenters.